The topological polar surface area (TPSA) is 12.4 Å². The van der Waals surface area contributed by atoms with Crippen molar-refractivity contribution < 1.29 is 21.7 Å². The Labute approximate surface area is 240 Å². The number of benzene rings is 1. The van der Waals surface area contributed by atoms with E-state index in [1.165, 1.54) is 43.4 Å². The molecule has 0 aliphatic heterocycles. The van der Waals surface area contributed by atoms with Gasteiger partial charge in [-0.05, 0) is 78.3 Å². The van der Waals surface area contributed by atoms with Crippen LogP contribution in [0.25, 0.3) is 5.57 Å². The van der Waals surface area contributed by atoms with Crippen LogP contribution in [-0.2, 0) is 21.7 Å². The molecule has 0 atom stereocenters. The Morgan fingerprint density at radius 1 is 0.833 bits per heavy atom. The Morgan fingerprint density at radius 3 is 1.61 bits per heavy atom. The molecule has 1 aromatic rings. The van der Waals surface area contributed by atoms with Crippen LogP contribution in [0.15, 0.2) is 78.2 Å². The van der Waals surface area contributed by atoms with E-state index in [0.29, 0.717) is 16.2 Å². The van der Waals surface area contributed by atoms with E-state index in [9.17, 15) is 0 Å². The number of rotatable bonds is 9. The maximum atomic E-state index is 5.53. The van der Waals surface area contributed by atoms with Gasteiger partial charge in [-0.25, -0.2) is 0 Å². The number of hydrogen-bond donors (Lipinski definition) is 0. The number of nitrogens with zero attached hydrogens (tertiary/aromatic N) is 1. The summed E-state index contributed by atoms with van der Waals surface area (Å²) in [5, 5.41) is 0. The molecule has 0 fully saturated rings. The van der Waals surface area contributed by atoms with Crippen LogP contribution in [0.5, 0.6) is 0 Å². The van der Waals surface area contributed by atoms with Gasteiger partial charge in [-0.1, -0.05) is 124 Å². The molecule has 0 heterocycles. The Kier molecular flexibility index (Phi) is 15.1. The average molecular weight is 544 g/mol. The van der Waals surface area contributed by atoms with Crippen molar-refractivity contribution in [3.05, 3.63) is 79.1 Å². The van der Waals surface area contributed by atoms with Crippen molar-refractivity contribution in [2.24, 2.45) is 21.0 Å². The monoisotopic (exact) mass is 543 g/mol. The van der Waals surface area contributed by atoms with Crippen LogP contribution in [0.3, 0.4) is 0 Å². The fraction of sp³-hybridized carbons (Fsp3) is 0.576. The first-order valence-corrected chi connectivity index (χ1v) is 15.7. The van der Waals surface area contributed by atoms with Gasteiger partial charge in [-0.15, -0.1) is 0 Å². The van der Waals surface area contributed by atoms with Crippen molar-refractivity contribution in [2.45, 2.75) is 88.0 Å². The van der Waals surface area contributed by atoms with Crippen molar-refractivity contribution in [1.29, 1.82) is 0 Å². The van der Waals surface area contributed by atoms with Gasteiger partial charge >= 0.3 is 0 Å². The van der Waals surface area contributed by atoms with Crippen molar-refractivity contribution in [3.8, 4) is 0 Å². The van der Waals surface area contributed by atoms with Gasteiger partial charge in [-0.3, -0.25) is 4.74 Å². The predicted octanol–water partition coefficient (Wildman–Crippen LogP) is 11.2. The van der Waals surface area contributed by atoms with E-state index in [4.69, 9.17) is 4.74 Å². The molecule has 0 radical (unpaired) electrons. The molecule has 36 heavy (non-hydrogen) atoms. The molecule has 0 bridgehead atoms. The minimum Gasteiger partial charge on any atom is -0.272 e. The number of allylic oxidation sites excluding steroid dienone is 5. The zero-order chi connectivity index (χ0) is 26.8. The molecule has 2 rings (SSSR count). The number of hydrogen-bond acceptors (Lipinski definition) is 1. The first-order chi connectivity index (χ1) is 16.0. The Bertz CT molecular complexity index is 863. The van der Waals surface area contributed by atoms with E-state index in [1.807, 2.05) is 30.3 Å². The molecule has 0 saturated heterocycles. The van der Waals surface area contributed by atoms with Crippen LogP contribution in [0.2, 0.25) is 0 Å². The van der Waals surface area contributed by atoms with Gasteiger partial charge in [-0.2, -0.15) is 0 Å². The van der Waals surface area contributed by atoms with Crippen molar-refractivity contribution in [1.82, 2.24) is 0 Å². The molecule has 3 heteroatoms. The molecule has 0 saturated carbocycles. The maximum absolute atomic E-state index is 5.53. The summed E-state index contributed by atoms with van der Waals surface area (Å²) in [5.41, 5.74) is 4.63. The third-order valence-corrected chi connectivity index (χ3v) is 10.2. The standard InChI is InChI=1S/C23H44NP.C10H10.Ti/c1-21(2,3)14-17-25(18-15-22(4,5)6,19-16-23(7,8)9)24-20-12-10-11-13-20;1-3-9(2)10-7-5-4-6-8-10;/h10-12H,13-19H2,1-9H3;3-8H,1-2H2;. The Balaban J connectivity index is 0.000000930. The smallest absolute Gasteiger partial charge is 0.0425 e. The van der Waals surface area contributed by atoms with Gasteiger partial charge in [0.05, 0.1) is 0 Å². The summed E-state index contributed by atoms with van der Waals surface area (Å²) in [6.07, 6.45) is 17.3. The van der Waals surface area contributed by atoms with Crippen LogP contribution in [0, 0.1) is 16.2 Å². The van der Waals surface area contributed by atoms with E-state index < -0.39 is 7.05 Å². The summed E-state index contributed by atoms with van der Waals surface area (Å²) in [7, 11) is -1.32. The molecular formula is C33H54NPTi. The summed E-state index contributed by atoms with van der Waals surface area (Å²) in [6.45, 7) is 28.9. The van der Waals surface area contributed by atoms with Gasteiger partial charge in [0, 0.05) is 33.8 Å². The van der Waals surface area contributed by atoms with Gasteiger partial charge in [0.1, 0.15) is 0 Å². The fourth-order valence-corrected chi connectivity index (χ4v) is 8.59. The van der Waals surface area contributed by atoms with Gasteiger partial charge < -0.3 is 0 Å². The average Bonchev–Trinajstić information content (AvgIpc) is 3.26. The first-order valence-electron chi connectivity index (χ1n) is 13.4. The van der Waals surface area contributed by atoms with Gasteiger partial charge in [0.15, 0.2) is 0 Å². The molecule has 0 N–H and O–H groups in total. The van der Waals surface area contributed by atoms with Crippen LogP contribution < -0.4 is 0 Å². The molecular weight excluding hydrogens is 489 g/mol. The third-order valence-electron chi connectivity index (χ3n) is 6.32. The van der Waals surface area contributed by atoms with Crippen molar-refractivity contribution >= 4 is 12.6 Å². The van der Waals surface area contributed by atoms with Crippen LogP contribution in [0.1, 0.15) is 93.6 Å². The summed E-state index contributed by atoms with van der Waals surface area (Å²) in [5.74, 6) is 0. The van der Waals surface area contributed by atoms with E-state index in [-0.39, 0.29) is 21.7 Å². The molecule has 1 aliphatic carbocycles. The second-order valence-corrected chi connectivity index (χ2v) is 17.4. The molecule has 1 nitrogen and oxygen atoms in total. The largest absolute Gasteiger partial charge is 0.272 e. The summed E-state index contributed by atoms with van der Waals surface area (Å²) in [4.78, 5) is 0. The minimum atomic E-state index is -1.32. The molecule has 1 aromatic carbocycles. The van der Waals surface area contributed by atoms with E-state index in [1.54, 1.807) is 6.08 Å². The molecule has 200 valence electrons. The predicted molar refractivity (Wildman–Crippen MR) is 164 cm³/mol. The van der Waals surface area contributed by atoms with Crippen LogP contribution in [-0.4, -0.2) is 18.5 Å². The van der Waals surface area contributed by atoms with Crippen LogP contribution in [0.4, 0.5) is 0 Å². The van der Waals surface area contributed by atoms with E-state index >= 15 is 0 Å². The zero-order valence-corrected chi connectivity index (χ0v) is 27.4. The summed E-state index contributed by atoms with van der Waals surface area (Å²) >= 11 is 0. The SMILES string of the molecule is C=CC(=C)c1ccccc1.CC(C)(C)CCP(CCC(C)(C)C)(CCC(C)(C)C)=NC1=CC=CC1.[Ti]. The summed E-state index contributed by atoms with van der Waals surface area (Å²) in [6, 6.07) is 10.0. The molecule has 0 spiro atoms. The van der Waals surface area contributed by atoms with E-state index in [0.717, 1.165) is 17.6 Å². The second kappa shape index (κ2) is 15.5. The second-order valence-electron chi connectivity index (χ2n) is 13.7. The van der Waals surface area contributed by atoms with Crippen molar-refractivity contribution in [3.63, 3.8) is 0 Å². The van der Waals surface area contributed by atoms with Gasteiger partial charge in [0.25, 0.3) is 0 Å². The summed E-state index contributed by atoms with van der Waals surface area (Å²) < 4.78 is 5.53. The maximum Gasteiger partial charge on any atom is 0.0425 e. The zero-order valence-electron chi connectivity index (χ0n) is 25.0. The first kappa shape index (κ1) is 35.1. The molecule has 1 aliphatic rings. The van der Waals surface area contributed by atoms with Crippen molar-refractivity contribution in [2.75, 3.05) is 18.5 Å². The minimum absolute atomic E-state index is 0. The Morgan fingerprint density at radius 2 is 1.28 bits per heavy atom. The Hall–Kier alpha value is -0.876. The normalized spacial score (nSPS) is 13.8. The van der Waals surface area contributed by atoms with E-state index in [2.05, 4.69) is 93.7 Å². The molecule has 0 amide bonds. The van der Waals surface area contributed by atoms with Gasteiger partial charge in [0.2, 0.25) is 0 Å². The molecule has 0 unspecified atom stereocenters. The van der Waals surface area contributed by atoms with Crippen LogP contribution >= 0.6 is 7.05 Å². The quantitative estimate of drug-likeness (QED) is 0.167. The third kappa shape index (κ3) is 16.1. The fourth-order valence-electron chi connectivity index (χ4n) is 3.67. The molecule has 0 aromatic heterocycles.